The topological polar surface area (TPSA) is 101 Å². The van der Waals surface area contributed by atoms with Crippen molar-refractivity contribution >= 4 is 35.2 Å². The molecule has 2 amide bonds. The van der Waals surface area contributed by atoms with Gasteiger partial charge in [-0.05, 0) is 51.5 Å². The van der Waals surface area contributed by atoms with Crippen LogP contribution in [0.15, 0.2) is 23.2 Å². The van der Waals surface area contributed by atoms with Gasteiger partial charge < -0.3 is 15.0 Å². The van der Waals surface area contributed by atoms with Gasteiger partial charge in [0.25, 0.3) is 11.8 Å². The van der Waals surface area contributed by atoms with Crippen LogP contribution in [0.5, 0.6) is 0 Å². The maximum Gasteiger partial charge on any atom is 0.340 e. The lowest BCUT2D eigenvalue weighted by molar-refractivity contribution is 0.0376. The number of nitrogens with zero attached hydrogens (tertiary/aromatic N) is 1. The van der Waals surface area contributed by atoms with Gasteiger partial charge in [0.2, 0.25) is 0 Å². The highest BCUT2D eigenvalue weighted by Crippen LogP contribution is 2.23. The van der Waals surface area contributed by atoms with Crippen LogP contribution in [-0.4, -0.2) is 34.7 Å². The summed E-state index contributed by atoms with van der Waals surface area (Å²) in [5, 5.41) is 3.04. The first-order valence-electron chi connectivity index (χ1n) is 8.33. The van der Waals surface area contributed by atoms with Crippen LogP contribution in [0.1, 0.15) is 61.9 Å². The third-order valence-corrected chi connectivity index (χ3v) is 4.36. The molecule has 27 heavy (non-hydrogen) atoms. The van der Waals surface area contributed by atoms with Crippen LogP contribution in [0.25, 0.3) is 0 Å². The van der Waals surface area contributed by atoms with Crippen molar-refractivity contribution in [2.45, 2.75) is 33.8 Å². The number of rotatable bonds is 3. The SMILES string of the molecule is Cc1[nH]c(C(=O)NC2=NC(=O)c3cc(Cl)ccc32)c(C)c1C(=O)OC(C)C. The highest BCUT2D eigenvalue weighted by molar-refractivity contribution is 6.32. The van der Waals surface area contributed by atoms with E-state index in [1.807, 2.05) is 0 Å². The molecule has 0 saturated carbocycles. The van der Waals surface area contributed by atoms with Crippen molar-refractivity contribution in [3.8, 4) is 0 Å². The van der Waals surface area contributed by atoms with Gasteiger partial charge in [0.05, 0.1) is 17.2 Å². The standard InChI is InChI=1S/C19H18ClN3O4/c1-8(2)27-19(26)14-9(3)15(21-10(14)4)18(25)23-16-12-6-5-11(20)7-13(12)17(24)22-16/h5-8,21H,1-4H3,(H,22,23,24,25). The van der Waals surface area contributed by atoms with E-state index >= 15 is 0 Å². The lowest BCUT2D eigenvalue weighted by Crippen LogP contribution is -2.31. The van der Waals surface area contributed by atoms with E-state index in [1.54, 1.807) is 39.8 Å². The van der Waals surface area contributed by atoms with Crippen molar-refractivity contribution in [1.29, 1.82) is 0 Å². The molecule has 0 fully saturated rings. The number of halogens is 1. The van der Waals surface area contributed by atoms with Crippen LogP contribution in [0, 0.1) is 13.8 Å². The zero-order valence-corrected chi connectivity index (χ0v) is 16.0. The Morgan fingerprint density at radius 3 is 2.59 bits per heavy atom. The predicted octanol–water partition coefficient (Wildman–Crippen LogP) is 3.18. The number of aryl methyl sites for hydroxylation is 1. The van der Waals surface area contributed by atoms with E-state index < -0.39 is 17.8 Å². The van der Waals surface area contributed by atoms with Crippen molar-refractivity contribution in [1.82, 2.24) is 10.3 Å². The Morgan fingerprint density at radius 1 is 1.22 bits per heavy atom. The molecule has 0 radical (unpaired) electrons. The fourth-order valence-corrected chi connectivity index (χ4v) is 3.12. The molecule has 0 atom stereocenters. The van der Waals surface area contributed by atoms with E-state index in [4.69, 9.17) is 16.3 Å². The zero-order valence-electron chi connectivity index (χ0n) is 15.3. The minimum atomic E-state index is -0.506. The van der Waals surface area contributed by atoms with Crippen LogP contribution in [0.2, 0.25) is 5.02 Å². The fraction of sp³-hybridized carbons (Fsp3) is 0.263. The van der Waals surface area contributed by atoms with Crippen LogP contribution in [0.4, 0.5) is 0 Å². The minimum Gasteiger partial charge on any atom is -0.459 e. The van der Waals surface area contributed by atoms with E-state index in [0.29, 0.717) is 33.0 Å². The highest BCUT2D eigenvalue weighted by Gasteiger charge is 2.28. The van der Waals surface area contributed by atoms with Crippen molar-refractivity contribution < 1.29 is 19.1 Å². The predicted molar refractivity (Wildman–Crippen MR) is 101 cm³/mol. The van der Waals surface area contributed by atoms with Gasteiger partial charge in [-0.2, -0.15) is 4.99 Å². The molecule has 1 aromatic heterocycles. The second-order valence-corrected chi connectivity index (χ2v) is 6.93. The van der Waals surface area contributed by atoms with Crippen LogP contribution in [-0.2, 0) is 4.74 Å². The molecule has 2 aromatic rings. The van der Waals surface area contributed by atoms with Crippen LogP contribution in [0.3, 0.4) is 0 Å². The van der Waals surface area contributed by atoms with Crippen molar-refractivity contribution in [3.63, 3.8) is 0 Å². The summed E-state index contributed by atoms with van der Waals surface area (Å²) in [7, 11) is 0. The molecule has 0 saturated heterocycles. The summed E-state index contributed by atoms with van der Waals surface area (Å²) in [5.74, 6) is -1.32. The molecule has 1 aromatic carbocycles. The molecule has 0 aliphatic carbocycles. The Morgan fingerprint density at radius 2 is 1.93 bits per heavy atom. The van der Waals surface area contributed by atoms with Gasteiger partial charge in [-0.25, -0.2) is 4.79 Å². The third kappa shape index (κ3) is 3.50. The van der Waals surface area contributed by atoms with Gasteiger partial charge in [0.15, 0.2) is 0 Å². The first-order valence-corrected chi connectivity index (χ1v) is 8.71. The molecule has 0 bridgehead atoms. The summed E-state index contributed by atoms with van der Waals surface area (Å²) in [6.07, 6.45) is -0.273. The molecular formula is C19H18ClN3O4. The smallest absolute Gasteiger partial charge is 0.340 e. The van der Waals surface area contributed by atoms with E-state index in [-0.39, 0.29) is 17.6 Å². The van der Waals surface area contributed by atoms with E-state index in [1.165, 1.54) is 6.07 Å². The average Bonchev–Trinajstić information content (AvgIpc) is 3.03. The molecule has 0 unspecified atom stereocenters. The monoisotopic (exact) mass is 387 g/mol. The Labute approximate surface area is 160 Å². The molecular weight excluding hydrogens is 370 g/mol. The molecule has 1 aliphatic heterocycles. The number of benzene rings is 1. The molecule has 140 valence electrons. The summed E-state index contributed by atoms with van der Waals surface area (Å²) in [6.45, 7) is 6.85. The van der Waals surface area contributed by atoms with Crippen LogP contribution < -0.4 is 5.32 Å². The number of carbonyl (C=O) groups excluding carboxylic acids is 3. The molecule has 1 aliphatic rings. The van der Waals surface area contributed by atoms with Gasteiger partial charge >= 0.3 is 5.97 Å². The number of carbonyl (C=O) groups is 3. The second kappa shape index (κ2) is 7.00. The molecule has 2 N–H and O–H groups in total. The molecule has 7 nitrogen and oxygen atoms in total. The number of amidine groups is 1. The zero-order chi connectivity index (χ0) is 19.9. The largest absolute Gasteiger partial charge is 0.459 e. The quantitative estimate of drug-likeness (QED) is 0.790. The summed E-state index contributed by atoms with van der Waals surface area (Å²) in [4.78, 5) is 43.7. The maximum absolute atomic E-state index is 12.7. The molecule has 8 heteroatoms. The van der Waals surface area contributed by atoms with Gasteiger partial charge in [0, 0.05) is 16.3 Å². The lowest BCUT2D eigenvalue weighted by atomic mass is 10.1. The highest BCUT2D eigenvalue weighted by atomic mass is 35.5. The number of nitrogens with one attached hydrogen (secondary N) is 2. The Hall–Kier alpha value is -2.93. The van der Waals surface area contributed by atoms with Crippen molar-refractivity contribution in [3.05, 3.63) is 56.9 Å². The molecule has 2 heterocycles. The average molecular weight is 388 g/mol. The Kier molecular flexibility index (Phi) is 4.89. The number of aliphatic imine (C=N–C) groups is 1. The summed E-state index contributed by atoms with van der Waals surface area (Å²) in [6, 6.07) is 4.75. The number of hydrogen-bond donors (Lipinski definition) is 2. The minimum absolute atomic E-state index is 0.148. The number of H-pyrrole nitrogens is 1. The molecule has 0 spiro atoms. The lowest BCUT2D eigenvalue weighted by Gasteiger charge is -2.08. The van der Waals surface area contributed by atoms with Gasteiger partial charge in [-0.3, -0.25) is 9.59 Å². The number of aromatic amines is 1. The summed E-state index contributed by atoms with van der Waals surface area (Å²) >= 11 is 5.91. The maximum atomic E-state index is 12.7. The van der Waals surface area contributed by atoms with Gasteiger partial charge in [-0.1, -0.05) is 11.6 Å². The number of ether oxygens (including phenoxy) is 1. The first kappa shape index (κ1) is 18.8. The third-order valence-electron chi connectivity index (χ3n) is 4.12. The number of fused-ring (bicyclic) bond motifs is 1. The normalized spacial score (nSPS) is 12.8. The van der Waals surface area contributed by atoms with Crippen molar-refractivity contribution in [2.75, 3.05) is 0 Å². The first-order chi connectivity index (χ1) is 12.7. The number of esters is 1. The van der Waals surface area contributed by atoms with Crippen molar-refractivity contribution in [2.24, 2.45) is 4.99 Å². The van der Waals surface area contributed by atoms with E-state index in [9.17, 15) is 14.4 Å². The van der Waals surface area contributed by atoms with E-state index in [0.717, 1.165) is 0 Å². The number of amides is 2. The Bertz CT molecular complexity index is 1000. The number of hydrogen-bond acceptors (Lipinski definition) is 4. The van der Waals surface area contributed by atoms with E-state index in [2.05, 4.69) is 15.3 Å². The van der Waals surface area contributed by atoms with Gasteiger partial charge in [-0.15, -0.1) is 0 Å². The fourth-order valence-electron chi connectivity index (χ4n) is 2.94. The van der Waals surface area contributed by atoms with Gasteiger partial charge in [0.1, 0.15) is 11.5 Å². The summed E-state index contributed by atoms with van der Waals surface area (Å²) < 4.78 is 5.22. The molecule has 3 rings (SSSR count). The summed E-state index contributed by atoms with van der Waals surface area (Å²) in [5.41, 5.74) is 2.36. The van der Waals surface area contributed by atoms with Crippen LogP contribution >= 0.6 is 11.6 Å². The number of aromatic nitrogens is 1. The second-order valence-electron chi connectivity index (χ2n) is 6.49. The Balaban J connectivity index is 1.88.